The van der Waals surface area contributed by atoms with Gasteiger partial charge in [0.2, 0.25) is 0 Å². The average Bonchev–Trinajstić information content (AvgIpc) is 2.42. The van der Waals surface area contributed by atoms with E-state index in [1.54, 1.807) is 0 Å². The van der Waals surface area contributed by atoms with E-state index < -0.39 is 5.97 Å². The Morgan fingerprint density at radius 3 is 2.57 bits per heavy atom. The molecule has 0 aromatic heterocycles. The molecule has 0 unspecified atom stereocenters. The van der Waals surface area contributed by atoms with E-state index in [4.69, 9.17) is 9.90 Å². The SMILES string of the molecule is CC(=O)O.CC1=Nc2ccccc2C1. The van der Waals surface area contributed by atoms with Gasteiger partial charge in [0.05, 0.1) is 5.69 Å². The van der Waals surface area contributed by atoms with E-state index in [9.17, 15) is 0 Å². The van der Waals surface area contributed by atoms with Crippen LogP contribution in [0.5, 0.6) is 0 Å². The molecule has 1 N–H and O–H groups in total. The number of rotatable bonds is 0. The Kier molecular flexibility index (Phi) is 3.40. The lowest BCUT2D eigenvalue weighted by Gasteiger charge is -1.91. The number of hydrogen-bond donors (Lipinski definition) is 1. The van der Waals surface area contributed by atoms with Gasteiger partial charge in [0.1, 0.15) is 0 Å². The van der Waals surface area contributed by atoms with Crippen LogP contribution in [0.2, 0.25) is 0 Å². The van der Waals surface area contributed by atoms with E-state index in [2.05, 4.69) is 30.1 Å². The van der Waals surface area contributed by atoms with Crippen LogP contribution in [0.3, 0.4) is 0 Å². The van der Waals surface area contributed by atoms with Crippen LogP contribution >= 0.6 is 0 Å². The summed E-state index contributed by atoms with van der Waals surface area (Å²) in [6.07, 6.45) is 1.04. The van der Waals surface area contributed by atoms with Gasteiger partial charge in [-0.3, -0.25) is 9.79 Å². The van der Waals surface area contributed by atoms with Gasteiger partial charge >= 0.3 is 0 Å². The monoisotopic (exact) mass is 191 g/mol. The number of carbonyl (C=O) groups is 1. The topological polar surface area (TPSA) is 49.7 Å². The lowest BCUT2D eigenvalue weighted by molar-refractivity contribution is -0.134. The van der Waals surface area contributed by atoms with Crippen molar-refractivity contribution < 1.29 is 9.90 Å². The number of carboxylic acid groups (broad SMARTS) is 1. The molecule has 1 aliphatic rings. The zero-order chi connectivity index (χ0) is 10.6. The standard InChI is InChI=1S/C9H9N.C2H4O2/c1-7-6-8-4-2-3-5-9(8)10-7;1-2(3)4/h2-5H,6H2,1H3;1H3,(H,3,4). The lowest BCUT2D eigenvalue weighted by Crippen LogP contribution is -1.87. The molecule has 0 bridgehead atoms. The number of nitrogens with zero attached hydrogens (tertiary/aromatic N) is 1. The first-order chi connectivity index (χ1) is 6.59. The van der Waals surface area contributed by atoms with Crippen molar-refractivity contribution >= 4 is 17.4 Å². The molecule has 0 saturated carbocycles. The van der Waals surface area contributed by atoms with Crippen LogP contribution in [0.1, 0.15) is 19.4 Å². The number of aliphatic carboxylic acids is 1. The molecule has 0 radical (unpaired) electrons. The molecule has 3 nitrogen and oxygen atoms in total. The van der Waals surface area contributed by atoms with E-state index in [-0.39, 0.29) is 0 Å². The van der Waals surface area contributed by atoms with Crippen LogP contribution in [-0.4, -0.2) is 16.8 Å². The largest absolute Gasteiger partial charge is 0.481 e. The van der Waals surface area contributed by atoms with Crippen LogP contribution in [-0.2, 0) is 11.2 Å². The highest BCUT2D eigenvalue weighted by atomic mass is 16.4. The maximum Gasteiger partial charge on any atom is 0.300 e. The quantitative estimate of drug-likeness (QED) is 0.684. The van der Waals surface area contributed by atoms with E-state index in [0.717, 1.165) is 19.0 Å². The highest BCUT2D eigenvalue weighted by molar-refractivity contribution is 5.91. The van der Waals surface area contributed by atoms with Crippen LogP contribution in [0.15, 0.2) is 29.3 Å². The highest BCUT2D eigenvalue weighted by Crippen LogP contribution is 2.25. The summed E-state index contributed by atoms with van der Waals surface area (Å²) < 4.78 is 0. The van der Waals surface area contributed by atoms with Crippen LogP contribution in [0, 0.1) is 0 Å². The number of para-hydroxylation sites is 1. The summed E-state index contributed by atoms with van der Waals surface area (Å²) >= 11 is 0. The average molecular weight is 191 g/mol. The molecule has 0 saturated heterocycles. The fourth-order valence-electron chi connectivity index (χ4n) is 1.29. The third-order valence-electron chi connectivity index (χ3n) is 1.75. The Labute approximate surface area is 83.1 Å². The number of benzene rings is 1. The van der Waals surface area contributed by atoms with Gasteiger partial charge in [0, 0.05) is 19.1 Å². The first-order valence-electron chi connectivity index (χ1n) is 4.41. The van der Waals surface area contributed by atoms with Gasteiger partial charge in [-0.05, 0) is 18.6 Å². The van der Waals surface area contributed by atoms with Crippen molar-refractivity contribution in [2.45, 2.75) is 20.3 Å². The van der Waals surface area contributed by atoms with Gasteiger partial charge in [0.25, 0.3) is 5.97 Å². The summed E-state index contributed by atoms with van der Waals surface area (Å²) in [5.41, 5.74) is 3.74. The van der Waals surface area contributed by atoms with Gasteiger partial charge in [0.15, 0.2) is 0 Å². The molecule has 0 spiro atoms. The second kappa shape index (κ2) is 4.56. The Bertz CT molecular complexity index is 365. The molecule has 1 heterocycles. The van der Waals surface area contributed by atoms with Crippen molar-refractivity contribution in [1.82, 2.24) is 0 Å². The lowest BCUT2D eigenvalue weighted by atomic mass is 10.1. The van der Waals surface area contributed by atoms with E-state index in [0.29, 0.717) is 0 Å². The smallest absolute Gasteiger partial charge is 0.300 e. The Hall–Kier alpha value is -1.64. The van der Waals surface area contributed by atoms with Gasteiger partial charge in [-0.1, -0.05) is 18.2 Å². The molecule has 1 aliphatic heterocycles. The summed E-state index contributed by atoms with van der Waals surface area (Å²) in [4.78, 5) is 13.4. The summed E-state index contributed by atoms with van der Waals surface area (Å²) in [7, 11) is 0. The highest BCUT2D eigenvalue weighted by Gasteiger charge is 2.08. The van der Waals surface area contributed by atoms with Gasteiger partial charge in [-0.25, -0.2) is 0 Å². The van der Waals surface area contributed by atoms with Crippen molar-refractivity contribution in [1.29, 1.82) is 0 Å². The number of fused-ring (bicyclic) bond motifs is 1. The molecule has 2 rings (SSSR count). The Balaban J connectivity index is 0.000000213. The Morgan fingerprint density at radius 2 is 2.00 bits per heavy atom. The van der Waals surface area contributed by atoms with E-state index in [1.165, 1.54) is 11.3 Å². The van der Waals surface area contributed by atoms with E-state index >= 15 is 0 Å². The molecule has 0 fully saturated rings. The summed E-state index contributed by atoms with van der Waals surface area (Å²) in [6, 6.07) is 8.29. The second-order valence-corrected chi connectivity index (χ2v) is 3.17. The first-order valence-corrected chi connectivity index (χ1v) is 4.41. The molecule has 74 valence electrons. The van der Waals surface area contributed by atoms with Gasteiger partial charge in [-0.15, -0.1) is 0 Å². The molecule has 0 atom stereocenters. The van der Waals surface area contributed by atoms with Gasteiger partial charge < -0.3 is 5.11 Å². The number of hydrogen-bond acceptors (Lipinski definition) is 2. The molecule has 0 aliphatic carbocycles. The molecule has 0 amide bonds. The third-order valence-corrected chi connectivity index (χ3v) is 1.75. The van der Waals surface area contributed by atoms with Crippen molar-refractivity contribution in [3.63, 3.8) is 0 Å². The molecule has 1 aromatic carbocycles. The van der Waals surface area contributed by atoms with Crippen LogP contribution in [0.25, 0.3) is 0 Å². The molecular weight excluding hydrogens is 178 g/mol. The van der Waals surface area contributed by atoms with E-state index in [1.807, 2.05) is 6.07 Å². The summed E-state index contributed by atoms with van der Waals surface area (Å²) in [5.74, 6) is -0.833. The minimum Gasteiger partial charge on any atom is -0.481 e. The van der Waals surface area contributed by atoms with Crippen molar-refractivity contribution in [2.75, 3.05) is 0 Å². The molecule has 3 heteroatoms. The zero-order valence-electron chi connectivity index (χ0n) is 8.32. The fourth-order valence-corrected chi connectivity index (χ4v) is 1.29. The molecular formula is C11H13NO2. The third kappa shape index (κ3) is 3.01. The predicted molar refractivity (Wildman–Crippen MR) is 56.2 cm³/mol. The van der Waals surface area contributed by atoms with Crippen molar-refractivity contribution in [3.05, 3.63) is 29.8 Å². The maximum atomic E-state index is 9.00. The van der Waals surface area contributed by atoms with Gasteiger partial charge in [-0.2, -0.15) is 0 Å². The van der Waals surface area contributed by atoms with Crippen LogP contribution < -0.4 is 0 Å². The predicted octanol–water partition coefficient (Wildman–Crippen LogP) is 2.43. The molecule has 1 aromatic rings. The maximum absolute atomic E-state index is 9.00. The minimum absolute atomic E-state index is 0.833. The first kappa shape index (κ1) is 10.4. The summed E-state index contributed by atoms with van der Waals surface area (Å²) in [5, 5.41) is 7.42. The van der Waals surface area contributed by atoms with Crippen molar-refractivity contribution in [3.8, 4) is 0 Å². The van der Waals surface area contributed by atoms with Crippen molar-refractivity contribution in [2.24, 2.45) is 4.99 Å². The summed E-state index contributed by atoms with van der Waals surface area (Å²) in [6.45, 7) is 3.15. The normalized spacial score (nSPS) is 12.3. The molecule has 14 heavy (non-hydrogen) atoms. The number of aliphatic imine (C=N–C) groups is 1. The van der Waals surface area contributed by atoms with Crippen LogP contribution in [0.4, 0.5) is 5.69 Å². The zero-order valence-corrected chi connectivity index (χ0v) is 8.32. The Morgan fingerprint density at radius 1 is 1.43 bits per heavy atom. The fraction of sp³-hybridized carbons (Fsp3) is 0.273. The minimum atomic E-state index is -0.833. The second-order valence-electron chi connectivity index (χ2n) is 3.17. The number of carboxylic acids is 1.